The van der Waals surface area contributed by atoms with Gasteiger partial charge in [0.05, 0.1) is 0 Å². The summed E-state index contributed by atoms with van der Waals surface area (Å²) in [5, 5.41) is 0. The number of ketones is 2. The van der Waals surface area contributed by atoms with Gasteiger partial charge in [0, 0.05) is 23.0 Å². The van der Waals surface area contributed by atoms with E-state index in [9.17, 15) is 9.59 Å². The maximum Gasteiger partial charge on any atom is 0.166 e. The van der Waals surface area contributed by atoms with Crippen LogP contribution in [0.15, 0.2) is 48.5 Å². The fourth-order valence-electron chi connectivity index (χ4n) is 2.99. The zero-order chi connectivity index (χ0) is 15.7. The average Bonchev–Trinajstić information content (AvgIpc) is 2.47. The Bertz CT molecular complexity index is 632. The number of aryl methyl sites for hydroxylation is 2. The molecule has 2 atom stereocenters. The maximum atomic E-state index is 12.6. The van der Waals surface area contributed by atoms with E-state index in [1.54, 1.807) is 0 Å². The van der Waals surface area contributed by atoms with Gasteiger partial charge in [-0.05, 0) is 26.7 Å². The first-order valence-corrected chi connectivity index (χ1v) is 7.78. The molecule has 0 aliphatic heterocycles. The molecule has 0 heterocycles. The maximum absolute atomic E-state index is 12.6. The van der Waals surface area contributed by atoms with Crippen molar-refractivity contribution in [2.24, 2.45) is 11.8 Å². The number of carbonyl (C=O) groups is 2. The van der Waals surface area contributed by atoms with Crippen molar-refractivity contribution >= 4 is 11.6 Å². The zero-order valence-electron chi connectivity index (χ0n) is 13.0. The Morgan fingerprint density at radius 2 is 1.00 bits per heavy atom. The lowest BCUT2D eigenvalue weighted by Crippen LogP contribution is -2.38. The molecular formula is C20H20O2. The molecule has 112 valence electrons. The Morgan fingerprint density at radius 1 is 0.682 bits per heavy atom. The van der Waals surface area contributed by atoms with E-state index in [1.165, 1.54) is 0 Å². The molecule has 0 saturated heterocycles. The Morgan fingerprint density at radius 3 is 1.27 bits per heavy atom. The molecule has 0 spiro atoms. The summed E-state index contributed by atoms with van der Waals surface area (Å²) in [4.78, 5) is 25.2. The first kappa shape index (κ1) is 14.7. The van der Waals surface area contributed by atoms with Crippen LogP contribution in [0, 0.1) is 25.7 Å². The molecule has 1 aliphatic carbocycles. The van der Waals surface area contributed by atoms with Gasteiger partial charge in [-0.3, -0.25) is 9.59 Å². The number of carbonyl (C=O) groups excluding carboxylic acids is 2. The van der Waals surface area contributed by atoms with Gasteiger partial charge in [0.2, 0.25) is 0 Å². The summed E-state index contributed by atoms with van der Waals surface area (Å²) in [5.74, 6) is -0.0959. The molecule has 0 N–H and O–H groups in total. The van der Waals surface area contributed by atoms with Gasteiger partial charge in [-0.25, -0.2) is 0 Å². The molecule has 0 aromatic heterocycles. The van der Waals surface area contributed by atoms with Gasteiger partial charge < -0.3 is 0 Å². The van der Waals surface area contributed by atoms with Gasteiger partial charge in [-0.1, -0.05) is 59.7 Å². The molecular weight excluding hydrogens is 272 g/mol. The molecule has 0 radical (unpaired) electrons. The SMILES string of the molecule is Cc1ccc(C(=O)[C@H]2CC[C@@H]2C(=O)c2ccc(C)cc2)cc1. The first-order valence-electron chi connectivity index (χ1n) is 7.78. The minimum Gasteiger partial charge on any atom is -0.294 e. The molecule has 22 heavy (non-hydrogen) atoms. The minimum absolute atomic E-state index is 0.108. The molecule has 2 nitrogen and oxygen atoms in total. The van der Waals surface area contributed by atoms with Gasteiger partial charge in [-0.15, -0.1) is 0 Å². The predicted molar refractivity (Wildman–Crippen MR) is 87.2 cm³/mol. The third kappa shape index (κ3) is 2.74. The topological polar surface area (TPSA) is 34.1 Å². The van der Waals surface area contributed by atoms with Crippen molar-refractivity contribution in [3.63, 3.8) is 0 Å². The highest BCUT2D eigenvalue weighted by molar-refractivity contribution is 6.06. The van der Waals surface area contributed by atoms with Crippen LogP contribution in [0.4, 0.5) is 0 Å². The van der Waals surface area contributed by atoms with E-state index in [4.69, 9.17) is 0 Å². The van der Waals surface area contributed by atoms with Crippen molar-refractivity contribution in [1.29, 1.82) is 0 Å². The molecule has 0 amide bonds. The van der Waals surface area contributed by atoms with Crippen LogP contribution >= 0.6 is 0 Å². The highest BCUT2D eigenvalue weighted by atomic mass is 16.1. The van der Waals surface area contributed by atoms with E-state index in [2.05, 4.69) is 0 Å². The fourth-order valence-corrected chi connectivity index (χ4v) is 2.99. The van der Waals surface area contributed by atoms with Crippen molar-refractivity contribution in [1.82, 2.24) is 0 Å². The van der Waals surface area contributed by atoms with Crippen LogP contribution in [0.25, 0.3) is 0 Å². The largest absolute Gasteiger partial charge is 0.294 e. The number of hydrogen-bond donors (Lipinski definition) is 0. The van der Waals surface area contributed by atoms with E-state index in [0.29, 0.717) is 0 Å². The third-order valence-electron chi connectivity index (χ3n) is 4.62. The van der Waals surface area contributed by atoms with Gasteiger partial charge in [0.15, 0.2) is 11.6 Å². The number of benzene rings is 2. The average molecular weight is 292 g/mol. The molecule has 0 bridgehead atoms. The molecule has 1 saturated carbocycles. The summed E-state index contributed by atoms with van der Waals surface area (Å²) < 4.78 is 0. The quantitative estimate of drug-likeness (QED) is 0.783. The Hall–Kier alpha value is -2.22. The van der Waals surface area contributed by atoms with Crippen molar-refractivity contribution < 1.29 is 9.59 Å². The van der Waals surface area contributed by atoms with Crippen LogP contribution < -0.4 is 0 Å². The lowest BCUT2D eigenvalue weighted by molar-refractivity contribution is 0.0618. The Kier molecular flexibility index (Phi) is 3.93. The van der Waals surface area contributed by atoms with Crippen LogP contribution in [0.5, 0.6) is 0 Å². The predicted octanol–water partition coefficient (Wildman–Crippen LogP) is 4.40. The lowest BCUT2D eigenvalue weighted by atomic mass is 9.67. The van der Waals surface area contributed by atoms with Crippen molar-refractivity contribution in [3.05, 3.63) is 70.8 Å². The van der Waals surface area contributed by atoms with Gasteiger partial charge >= 0.3 is 0 Å². The summed E-state index contributed by atoms with van der Waals surface area (Å²) >= 11 is 0. The van der Waals surface area contributed by atoms with E-state index in [-0.39, 0.29) is 23.4 Å². The summed E-state index contributed by atoms with van der Waals surface area (Å²) in [6, 6.07) is 15.2. The number of hydrogen-bond acceptors (Lipinski definition) is 2. The van der Waals surface area contributed by atoms with E-state index in [1.807, 2.05) is 62.4 Å². The number of Topliss-reactive ketones (excluding diaryl/α,β-unsaturated/α-hetero) is 2. The van der Waals surface area contributed by atoms with Crippen molar-refractivity contribution in [2.45, 2.75) is 26.7 Å². The van der Waals surface area contributed by atoms with Crippen LogP contribution in [0.1, 0.15) is 44.7 Å². The molecule has 2 heteroatoms. The molecule has 1 aliphatic rings. The van der Waals surface area contributed by atoms with Crippen LogP contribution in [-0.2, 0) is 0 Å². The Balaban J connectivity index is 1.76. The summed E-state index contributed by atoms with van der Waals surface area (Å²) in [5.41, 5.74) is 3.71. The highest BCUT2D eigenvalue weighted by Crippen LogP contribution is 2.39. The third-order valence-corrected chi connectivity index (χ3v) is 4.62. The van der Waals surface area contributed by atoms with Crippen molar-refractivity contribution in [3.8, 4) is 0 Å². The van der Waals surface area contributed by atoms with E-state index >= 15 is 0 Å². The smallest absolute Gasteiger partial charge is 0.166 e. The molecule has 2 aromatic rings. The van der Waals surface area contributed by atoms with E-state index in [0.717, 1.165) is 35.1 Å². The Labute approximate surface area is 131 Å². The fraction of sp³-hybridized carbons (Fsp3) is 0.300. The van der Waals surface area contributed by atoms with Crippen molar-refractivity contribution in [2.75, 3.05) is 0 Å². The van der Waals surface area contributed by atoms with Crippen LogP contribution in [-0.4, -0.2) is 11.6 Å². The second kappa shape index (κ2) is 5.88. The standard InChI is InChI=1S/C20H20O2/c1-13-3-7-15(8-4-13)19(21)17-11-12-18(17)20(22)16-9-5-14(2)6-10-16/h3-10,17-18H,11-12H2,1-2H3/t17-,18-/m0/s1. The van der Waals surface area contributed by atoms with Gasteiger partial charge in [-0.2, -0.15) is 0 Å². The number of rotatable bonds is 4. The first-order chi connectivity index (χ1) is 10.6. The normalized spacial score (nSPS) is 20.3. The summed E-state index contributed by atoms with van der Waals surface area (Å²) in [6.07, 6.45) is 1.63. The van der Waals surface area contributed by atoms with Gasteiger partial charge in [0.25, 0.3) is 0 Å². The second-order valence-electron chi connectivity index (χ2n) is 6.25. The zero-order valence-corrected chi connectivity index (χ0v) is 13.0. The second-order valence-corrected chi connectivity index (χ2v) is 6.25. The summed E-state index contributed by atoms with van der Waals surface area (Å²) in [7, 11) is 0. The molecule has 2 aromatic carbocycles. The van der Waals surface area contributed by atoms with Crippen LogP contribution in [0.3, 0.4) is 0 Å². The molecule has 1 fully saturated rings. The monoisotopic (exact) mass is 292 g/mol. The minimum atomic E-state index is -0.156. The highest BCUT2D eigenvalue weighted by Gasteiger charge is 2.41. The summed E-state index contributed by atoms with van der Waals surface area (Å²) in [6.45, 7) is 4.00. The van der Waals surface area contributed by atoms with Crippen LogP contribution in [0.2, 0.25) is 0 Å². The lowest BCUT2D eigenvalue weighted by Gasteiger charge is -2.34. The van der Waals surface area contributed by atoms with Gasteiger partial charge in [0.1, 0.15) is 0 Å². The molecule has 0 unspecified atom stereocenters. The molecule has 3 rings (SSSR count). The van der Waals surface area contributed by atoms with E-state index < -0.39 is 0 Å².